The number of carbonyl (C=O) groups is 3. The van der Waals surface area contributed by atoms with E-state index in [1.165, 1.54) is 16.7 Å². The zero-order valence-electron chi connectivity index (χ0n) is 20.7. The normalized spacial score (nSPS) is 15.8. The molecular formula is C24H28N6O5S. The highest BCUT2D eigenvalue weighted by molar-refractivity contribution is 8.04. The Morgan fingerprint density at radius 2 is 2.08 bits per heavy atom. The number of hydrogen-bond donors (Lipinski definition) is 2. The van der Waals surface area contributed by atoms with E-state index in [1.54, 1.807) is 59.0 Å². The number of thioether (sulfide) groups is 1. The van der Waals surface area contributed by atoms with E-state index >= 15 is 0 Å². The number of amides is 2. The topological polar surface area (TPSA) is 150 Å². The first-order chi connectivity index (χ1) is 17.1. The van der Waals surface area contributed by atoms with E-state index in [4.69, 9.17) is 9.26 Å². The first-order valence-electron chi connectivity index (χ1n) is 11.3. The third-order valence-corrected chi connectivity index (χ3v) is 6.55. The van der Waals surface area contributed by atoms with Crippen molar-refractivity contribution >= 4 is 29.5 Å². The second-order valence-electron chi connectivity index (χ2n) is 8.48. The Kier molecular flexibility index (Phi) is 8.71. The van der Waals surface area contributed by atoms with Crippen molar-refractivity contribution in [2.75, 3.05) is 7.05 Å². The number of nitriles is 1. The highest BCUT2D eigenvalue weighted by Crippen LogP contribution is 2.33. The largest absolute Gasteiger partial charge is 0.459 e. The van der Waals surface area contributed by atoms with Crippen molar-refractivity contribution in [2.24, 2.45) is 0 Å². The lowest BCUT2D eigenvalue weighted by Gasteiger charge is -2.26. The van der Waals surface area contributed by atoms with Crippen molar-refractivity contribution < 1.29 is 23.6 Å². The van der Waals surface area contributed by atoms with Crippen molar-refractivity contribution in [3.05, 3.63) is 46.3 Å². The predicted molar refractivity (Wildman–Crippen MR) is 132 cm³/mol. The van der Waals surface area contributed by atoms with Gasteiger partial charge in [0.1, 0.15) is 4.91 Å². The number of nitrogens with zero attached hydrogens (tertiary/aromatic N) is 4. The number of esters is 1. The van der Waals surface area contributed by atoms with Crippen LogP contribution in [0.4, 0.5) is 0 Å². The minimum atomic E-state index is -0.709. The van der Waals surface area contributed by atoms with E-state index in [9.17, 15) is 19.6 Å². The van der Waals surface area contributed by atoms with Crippen LogP contribution in [-0.4, -0.2) is 57.5 Å². The van der Waals surface area contributed by atoms with Gasteiger partial charge in [-0.1, -0.05) is 29.1 Å². The Morgan fingerprint density at radius 1 is 1.33 bits per heavy atom. The van der Waals surface area contributed by atoms with Gasteiger partial charge in [-0.3, -0.25) is 9.59 Å². The van der Waals surface area contributed by atoms with Crippen molar-refractivity contribution in [1.29, 1.82) is 5.26 Å². The van der Waals surface area contributed by atoms with Gasteiger partial charge in [0, 0.05) is 37.2 Å². The van der Waals surface area contributed by atoms with Crippen molar-refractivity contribution in [2.45, 2.75) is 58.2 Å². The summed E-state index contributed by atoms with van der Waals surface area (Å²) in [6.07, 6.45) is -0.406. The molecule has 0 fully saturated rings. The molecule has 36 heavy (non-hydrogen) atoms. The number of rotatable bonds is 9. The molecule has 0 saturated carbocycles. The van der Waals surface area contributed by atoms with Crippen LogP contribution in [-0.2, 0) is 14.3 Å². The van der Waals surface area contributed by atoms with Crippen LogP contribution < -0.4 is 10.6 Å². The third kappa shape index (κ3) is 6.63. The van der Waals surface area contributed by atoms with Crippen LogP contribution in [0.1, 0.15) is 49.9 Å². The van der Waals surface area contributed by atoms with E-state index in [0.29, 0.717) is 33.4 Å². The SMILES string of the molecule is CC1=C(C(=O)OC(C)C)SC(N(C)C(=O)C[C@H](CC#N)NC(=O)c2cccc(-c3noc(C)n3)c2)N1. The van der Waals surface area contributed by atoms with Gasteiger partial charge in [-0.15, -0.1) is 0 Å². The van der Waals surface area contributed by atoms with Gasteiger partial charge in [-0.2, -0.15) is 10.2 Å². The number of aryl methyl sites for hydroxylation is 1. The number of carbonyl (C=O) groups excluding carboxylic acids is 3. The van der Waals surface area contributed by atoms with Gasteiger partial charge in [0.2, 0.25) is 17.6 Å². The summed E-state index contributed by atoms with van der Waals surface area (Å²) in [7, 11) is 1.60. The van der Waals surface area contributed by atoms with Gasteiger partial charge in [-0.05, 0) is 32.9 Å². The second-order valence-corrected chi connectivity index (χ2v) is 9.57. The van der Waals surface area contributed by atoms with Gasteiger partial charge in [0.25, 0.3) is 5.91 Å². The maximum absolute atomic E-state index is 13.0. The number of ether oxygens (including phenoxy) is 1. The molecule has 0 bridgehead atoms. The van der Waals surface area contributed by atoms with Gasteiger partial charge < -0.3 is 24.8 Å². The summed E-state index contributed by atoms with van der Waals surface area (Å²) in [5, 5.41) is 19.0. The van der Waals surface area contributed by atoms with Crippen molar-refractivity contribution in [1.82, 2.24) is 25.7 Å². The molecule has 1 aromatic carbocycles. The Bertz CT molecular complexity index is 1220. The maximum Gasteiger partial charge on any atom is 0.346 e. The lowest BCUT2D eigenvalue weighted by atomic mass is 10.1. The van der Waals surface area contributed by atoms with Gasteiger partial charge >= 0.3 is 5.97 Å². The first-order valence-corrected chi connectivity index (χ1v) is 12.2. The quantitative estimate of drug-likeness (QED) is 0.480. The Hall–Kier alpha value is -3.85. The highest BCUT2D eigenvalue weighted by atomic mass is 32.2. The standard InChI is InChI=1S/C24H28N6O5S/c1-13(2)34-23(33)20-14(3)26-24(36-20)30(5)19(31)12-18(9-10-25)28-22(32)17-8-6-7-16(11-17)21-27-15(4)35-29-21/h6-8,11,13,18,24,26H,9,12H2,1-5H3,(H,28,32)/t18-,24?/m0/s1. The monoisotopic (exact) mass is 512 g/mol. The average Bonchev–Trinajstić information content (AvgIpc) is 3.44. The molecule has 1 aliphatic rings. The number of nitrogens with one attached hydrogen (secondary N) is 2. The summed E-state index contributed by atoms with van der Waals surface area (Å²) in [6, 6.07) is 7.98. The Balaban J connectivity index is 1.63. The molecule has 0 aliphatic carbocycles. The molecule has 3 rings (SSSR count). The van der Waals surface area contributed by atoms with E-state index < -0.39 is 23.4 Å². The van der Waals surface area contributed by atoms with Crippen LogP contribution in [0.15, 0.2) is 39.4 Å². The maximum atomic E-state index is 13.0. The van der Waals surface area contributed by atoms with E-state index in [2.05, 4.69) is 20.8 Å². The molecule has 190 valence electrons. The smallest absolute Gasteiger partial charge is 0.346 e. The van der Waals surface area contributed by atoms with Crippen molar-refractivity contribution in [3.8, 4) is 17.5 Å². The van der Waals surface area contributed by atoms with Crippen LogP contribution >= 0.6 is 11.8 Å². The fraction of sp³-hybridized carbons (Fsp3) is 0.417. The summed E-state index contributed by atoms with van der Waals surface area (Å²) in [5.41, 5.74) is 1.04. The van der Waals surface area contributed by atoms with Crippen molar-refractivity contribution in [3.63, 3.8) is 0 Å². The van der Waals surface area contributed by atoms with Crippen LogP contribution in [0.3, 0.4) is 0 Å². The molecule has 12 heteroatoms. The molecular weight excluding hydrogens is 484 g/mol. The third-order valence-electron chi connectivity index (χ3n) is 5.19. The van der Waals surface area contributed by atoms with Crippen LogP contribution in [0, 0.1) is 18.3 Å². The summed E-state index contributed by atoms with van der Waals surface area (Å²) in [4.78, 5) is 44.2. The summed E-state index contributed by atoms with van der Waals surface area (Å²) in [5.74, 6) is -0.424. The van der Waals surface area contributed by atoms with Crippen LogP contribution in [0.25, 0.3) is 11.4 Å². The predicted octanol–water partition coefficient (Wildman–Crippen LogP) is 2.71. The van der Waals surface area contributed by atoms with E-state index in [-0.39, 0.29) is 24.9 Å². The fourth-order valence-electron chi connectivity index (χ4n) is 3.38. The Morgan fingerprint density at radius 3 is 2.72 bits per heavy atom. The molecule has 11 nitrogen and oxygen atoms in total. The molecule has 0 radical (unpaired) electrons. The number of hydrogen-bond acceptors (Lipinski definition) is 10. The number of allylic oxidation sites excluding steroid dienone is 1. The molecule has 2 aromatic rings. The molecule has 1 unspecified atom stereocenters. The number of aromatic nitrogens is 2. The lowest BCUT2D eigenvalue weighted by Crippen LogP contribution is -2.45. The number of benzene rings is 1. The molecule has 2 N–H and O–H groups in total. The molecule has 2 heterocycles. The first kappa shape index (κ1) is 26.7. The lowest BCUT2D eigenvalue weighted by molar-refractivity contribution is -0.141. The molecule has 1 aromatic heterocycles. The molecule has 0 spiro atoms. The van der Waals surface area contributed by atoms with E-state index in [0.717, 1.165) is 0 Å². The average molecular weight is 513 g/mol. The minimum absolute atomic E-state index is 0.0521. The highest BCUT2D eigenvalue weighted by Gasteiger charge is 2.33. The molecule has 2 atom stereocenters. The zero-order chi connectivity index (χ0) is 26.4. The molecule has 0 saturated heterocycles. The molecule has 2 amide bonds. The van der Waals surface area contributed by atoms with Crippen LogP contribution in [0.5, 0.6) is 0 Å². The van der Waals surface area contributed by atoms with Gasteiger partial charge in [0.05, 0.1) is 24.6 Å². The summed E-state index contributed by atoms with van der Waals surface area (Å²) < 4.78 is 10.2. The minimum Gasteiger partial charge on any atom is -0.459 e. The Labute approximate surface area is 213 Å². The van der Waals surface area contributed by atoms with E-state index in [1.807, 2.05) is 6.07 Å². The molecule has 1 aliphatic heterocycles. The zero-order valence-corrected chi connectivity index (χ0v) is 21.5. The fourth-order valence-corrected chi connectivity index (χ4v) is 4.49. The van der Waals surface area contributed by atoms with Crippen LogP contribution in [0.2, 0.25) is 0 Å². The second kappa shape index (κ2) is 11.7. The summed E-state index contributed by atoms with van der Waals surface area (Å²) in [6.45, 7) is 6.94. The van der Waals surface area contributed by atoms with Gasteiger partial charge in [-0.25, -0.2) is 4.79 Å². The van der Waals surface area contributed by atoms with Gasteiger partial charge in [0.15, 0.2) is 5.50 Å². The summed E-state index contributed by atoms with van der Waals surface area (Å²) >= 11 is 1.18.